The van der Waals surface area contributed by atoms with Gasteiger partial charge in [-0.2, -0.15) is 4.72 Å². The van der Waals surface area contributed by atoms with E-state index in [-0.39, 0.29) is 36.3 Å². The van der Waals surface area contributed by atoms with Gasteiger partial charge in [-0.05, 0) is 61.9 Å². The van der Waals surface area contributed by atoms with E-state index < -0.39 is 34.0 Å². The quantitative estimate of drug-likeness (QED) is 0.152. The van der Waals surface area contributed by atoms with Gasteiger partial charge < -0.3 is 31.5 Å². The van der Waals surface area contributed by atoms with Crippen molar-refractivity contribution in [3.8, 4) is 11.5 Å². The van der Waals surface area contributed by atoms with Gasteiger partial charge in [0.05, 0.1) is 16.3 Å². The molecular formula is C25H32N6O6S. The van der Waals surface area contributed by atoms with E-state index in [0.29, 0.717) is 42.1 Å². The molecule has 2 aromatic rings. The zero-order chi connectivity index (χ0) is 27.4. The van der Waals surface area contributed by atoms with Gasteiger partial charge in [0.25, 0.3) is 0 Å². The number of carbonyl (C=O) groups excluding carboxylic acids is 1. The lowest BCUT2D eigenvalue weighted by atomic mass is 9.91. The second-order valence-electron chi connectivity index (χ2n) is 9.52. The lowest BCUT2D eigenvalue weighted by Crippen LogP contribution is -2.56. The number of para-hydroxylation sites is 2. The number of aliphatic imine (C=N–C) groups is 1. The molecule has 0 radical (unpaired) electrons. The van der Waals surface area contributed by atoms with Crippen LogP contribution in [0.1, 0.15) is 32.6 Å². The molecule has 38 heavy (non-hydrogen) atoms. The van der Waals surface area contributed by atoms with Gasteiger partial charge in [0.15, 0.2) is 17.5 Å². The molecular weight excluding hydrogens is 512 g/mol. The van der Waals surface area contributed by atoms with Gasteiger partial charge >= 0.3 is 5.97 Å². The van der Waals surface area contributed by atoms with E-state index in [0.717, 1.165) is 0 Å². The number of carboxylic acid groups (broad SMARTS) is 1. The number of amides is 1. The summed E-state index contributed by atoms with van der Waals surface area (Å²) in [4.78, 5) is 30.5. The van der Waals surface area contributed by atoms with Gasteiger partial charge in [0, 0.05) is 13.1 Å². The van der Waals surface area contributed by atoms with Crippen molar-refractivity contribution in [3.63, 3.8) is 0 Å². The molecule has 0 aromatic heterocycles. The normalized spacial score (nSPS) is 19.2. The van der Waals surface area contributed by atoms with Crippen LogP contribution in [0, 0.1) is 5.92 Å². The molecule has 0 aliphatic carbocycles. The fourth-order valence-corrected chi connectivity index (χ4v) is 5.87. The van der Waals surface area contributed by atoms with Crippen molar-refractivity contribution in [1.29, 1.82) is 0 Å². The van der Waals surface area contributed by atoms with Gasteiger partial charge in [-0.15, -0.1) is 0 Å². The van der Waals surface area contributed by atoms with Crippen molar-refractivity contribution in [1.82, 2.24) is 9.62 Å². The highest BCUT2D eigenvalue weighted by molar-refractivity contribution is 7.89. The third kappa shape index (κ3) is 6.17. The Hall–Kier alpha value is -3.84. The molecule has 1 amide bonds. The Morgan fingerprint density at radius 2 is 1.95 bits per heavy atom. The zero-order valence-electron chi connectivity index (χ0n) is 21.0. The summed E-state index contributed by atoms with van der Waals surface area (Å²) in [6, 6.07) is 9.38. The summed E-state index contributed by atoms with van der Waals surface area (Å²) >= 11 is 0. The number of rotatable bonds is 9. The molecule has 12 nitrogen and oxygen atoms in total. The first-order valence-corrected chi connectivity index (χ1v) is 13.8. The smallest absolute Gasteiger partial charge is 0.326 e. The van der Waals surface area contributed by atoms with Crippen molar-refractivity contribution >= 4 is 39.2 Å². The van der Waals surface area contributed by atoms with Crippen molar-refractivity contribution in [3.05, 3.63) is 42.5 Å². The van der Waals surface area contributed by atoms with Gasteiger partial charge in [-0.1, -0.05) is 19.1 Å². The van der Waals surface area contributed by atoms with Crippen LogP contribution in [0.25, 0.3) is 0 Å². The van der Waals surface area contributed by atoms with E-state index in [4.69, 9.17) is 16.2 Å². The maximum absolute atomic E-state index is 13.5. The maximum atomic E-state index is 13.5. The molecule has 13 heteroatoms. The number of anilines is 2. The average molecular weight is 545 g/mol. The van der Waals surface area contributed by atoms with E-state index in [1.54, 1.807) is 12.1 Å². The molecule has 4 rings (SSSR count). The molecule has 0 spiro atoms. The van der Waals surface area contributed by atoms with Crippen LogP contribution in [0.3, 0.4) is 0 Å². The first kappa shape index (κ1) is 27.2. The van der Waals surface area contributed by atoms with E-state index in [1.165, 1.54) is 23.1 Å². The largest absolute Gasteiger partial charge is 0.480 e. The molecule has 0 bridgehead atoms. The minimum absolute atomic E-state index is 0.0733. The van der Waals surface area contributed by atoms with Crippen LogP contribution < -0.4 is 26.2 Å². The van der Waals surface area contributed by atoms with Crippen LogP contribution in [0.2, 0.25) is 0 Å². The predicted molar refractivity (Wildman–Crippen MR) is 142 cm³/mol. The number of sulfonamides is 1. The number of nitrogens with zero attached hydrogens (tertiary/aromatic N) is 2. The topological polar surface area (TPSA) is 189 Å². The second kappa shape index (κ2) is 11.3. The first-order valence-electron chi connectivity index (χ1n) is 12.3. The highest BCUT2D eigenvalue weighted by Gasteiger charge is 2.38. The van der Waals surface area contributed by atoms with Crippen LogP contribution in [0.15, 0.2) is 52.4 Å². The molecule has 2 aliphatic rings. The van der Waals surface area contributed by atoms with E-state index >= 15 is 0 Å². The fraction of sp³-hybridized carbons (Fsp3) is 0.400. The number of nitrogens with two attached hydrogens (primary N) is 2. The van der Waals surface area contributed by atoms with E-state index in [1.807, 2.05) is 19.1 Å². The van der Waals surface area contributed by atoms with Crippen LogP contribution in [-0.4, -0.2) is 61.4 Å². The Balaban J connectivity index is 1.57. The standard InChI is InChI=1S/C25H32N6O6S/c1-15-10-12-31(20(13-15)24(33)34)23(32)18(6-4-11-28-25(26)27)30-38(35,36)16-8-9-22-19(14-16)29-17-5-2-3-7-21(17)37-22/h2-3,5,7-9,14-15,18,20,29-30H,4,6,10-13H2,1H3,(H,33,34)(H4,26,27,28)/t15-,18+,20-/m1/s1. The molecule has 7 N–H and O–H groups in total. The number of piperidine rings is 1. The van der Waals surface area contributed by atoms with Crippen molar-refractivity contribution in [2.45, 2.75) is 49.6 Å². The van der Waals surface area contributed by atoms with Crippen molar-refractivity contribution in [2.75, 3.05) is 18.4 Å². The van der Waals surface area contributed by atoms with Gasteiger partial charge in [0.2, 0.25) is 15.9 Å². The molecule has 1 fully saturated rings. The van der Waals surface area contributed by atoms with Crippen molar-refractivity contribution in [2.24, 2.45) is 22.4 Å². The Bertz CT molecular complexity index is 1340. The Morgan fingerprint density at radius 1 is 1.21 bits per heavy atom. The number of likely N-dealkylation sites (tertiary alicyclic amines) is 1. The fourth-order valence-electron chi connectivity index (χ4n) is 4.62. The van der Waals surface area contributed by atoms with Gasteiger partial charge in [-0.3, -0.25) is 9.79 Å². The summed E-state index contributed by atoms with van der Waals surface area (Å²) in [6.45, 7) is 2.34. The molecule has 0 unspecified atom stereocenters. The number of benzene rings is 2. The summed E-state index contributed by atoms with van der Waals surface area (Å²) in [5.74, 6) is -0.621. The average Bonchev–Trinajstić information content (AvgIpc) is 2.88. The molecule has 2 heterocycles. The van der Waals surface area contributed by atoms with Crippen LogP contribution in [0.5, 0.6) is 11.5 Å². The number of carboxylic acids is 1. The number of hydrogen-bond acceptors (Lipinski definition) is 7. The summed E-state index contributed by atoms with van der Waals surface area (Å²) in [7, 11) is -4.18. The Morgan fingerprint density at radius 3 is 2.68 bits per heavy atom. The van der Waals surface area contributed by atoms with Crippen LogP contribution in [-0.2, 0) is 19.6 Å². The number of carbonyl (C=O) groups is 2. The van der Waals surface area contributed by atoms with Gasteiger partial charge in [0.1, 0.15) is 12.1 Å². The third-order valence-corrected chi connectivity index (χ3v) is 8.08. The minimum atomic E-state index is -4.18. The predicted octanol–water partition coefficient (Wildman–Crippen LogP) is 1.95. The zero-order valence-corrected chi connectivity index (χ0v) is 21.8. The molecule has 2 aliphatic heterocycles. The first-order chi connectivity index (χ1) is 18.0. The molecule has 204 valence electrons. The highest BCUT2D eigenvalue weighted by atomic mass is 32.2. The Labute approximate surface area is 221 Å². The summed E-state index contributed by atoms with van der Waals surface area (Å²) < 4.78 is 35.2. The summed E-state index contributed by atoms with van der Waals surface area (Å²) in [6.07, 6.45) is 1.30. The molecule has 2 aromatic carbocycles. The number of hydrogen-bond donors (Lipinski definition) is 5. The van der Waals surface area contributed by atoms with E-state index in [9.17, 15) is 23.1 Å². The maximum Gasteiger partial charge on any atom is 0.326 e. The van der Waals surface area contributed by atoms with Crippen molar-refractivity contribution < 1.29 is 27.9 Å². The van der Waals surface area contributed by atoms with E-state index in [2.05, 4.69) is 15.0 Å². The Kier molecular flexibility index (Phi) is 8.07. The third-order valence-electron chi connectivity index (χ3n) is 6.61. The van der Waals surface area contributed by atoms with Gasteiger partial charge in [-0.25, -0.2) is 13.2 Å². The number of fused-ring (bicyclic) bond motifs is 2. The number of ether oxygens (including phenoxy) is 1. The van der Waals surface area contributed by atoms with Crippen LogP contribution in [0.4, 0.5) is 11.4 Å². The molecule has 0 saturated carbocycles. The summed E-state index contributed by atoms with van der Waals surface area (Å²) in [5, 5.41) is 12.9. The lowest BCUT2D eigenvalue weighted by Gasteiger charge is -2.38. The number of aliphatic carboxylic acids is 1. The number of nitrogens with one attached hydrogen (secondary N) is 2. The molecule has 1 saturated heterocycles. The SMILES string of the molecule is C[C@@H]1CCN(C(=O)[C@H](CCCN=C(N)N)NS(=O)(=O)c2ccc3c(c2)Nc2ccccc2O3)[C@@H](C(=O)O)C1. The summed E-state index contributed by atoms with van der Waals surface area (Å²) in [5.41, 5.74) is 11.9. The minimum Gasteiger partial charge on any atom is -0.480 e. The van der Waals surface area contributed by atoms with Crippen LogP contribution >= 0.6 is 0 Å². The second-order valence-corrected chi connectivity index (χ2v) is 11.2. The number of guanidine groups is 1. The molecule has 3 atom stereocenters. The lowest BCUT2D eigenvalue weighted by molar-refractivity contribution is -0.153. The monoisotopic (exact) mass is 544 g/mol. The highest BCUT2D eigenvalue weighted by Crippen LogP contribution is 2.42.